The second-order valence-electron chi connectivity index (χ2n) is 10.2. The quantitative estimate of drug-likeness (QED) is 0.583. The first-order valence-corrected chi connectivity index (χ1v) is 14.0. The van der Waals surface area contributed by atoms with Gasteiger partial charge in [-0.1, -0.05) is 81.4 Å². The Balaban J connectivity index is 1.65. The van der Waals surface area contributed by atoms with Crippen LogP contribution < -0.4 is 10.4 Å². The van der Waals surface area contributed by atoms with Gasteiger partial charge in [-0.25, -0.2) is 0 Å². The van der Waals surface area contributed by atoms with Crippen LogP contribution in [0.5, 0.6) is 0 Å². The molecule has 0 aliphatic carbocycles. The molecule has 2 aliphatic rings. The first kappa shape index (κ1) is 24.1. The van der Waals surface area contributed by atoms with Gasteiger partial charge in [0.25, 0.3) is 8.32 Å². The SMILES string of the molecule is CN1C(=O)C[C@@H](OC2CCCCO2)C1CO[Si](c1ccccc1)(c1ccccc1)C(C)(C)C. The summed E-state index contributed by atoms with van der Waals surface area (Å²) in [4.78, 5) is 14.5. The Kier molecular flexibility index (Phi) is 7.39. The Labute approximate surface area is 199 Å². The zero-order valence-electron chi connectivity index (χ0n) is 20.3. The van der Waals surface area contributed by atoms with Crippen molar-refractivity contribution in [2.24, 2.45) is 0 Å². The minimum absolute atomic E-state index is 0.104. The molecular formula is C27H37NO4Si. The zero-order valence-corrected chi connectivity index (χ0v) is 21.3. The van der Waals surface area contributed by atoms with E-state index < -0.39 is 8.32 Å². The number of rotatable bonds is 7. The highest BCUT2D eigenvalue weighted by Gasteiger charge is 2.51. The molecule has 2 aromatic carbocycles. The summed E-state index contributed by atoms with van der Waals surface area (Å²) < 4.78 is 19.2. The molecule has 0 aromatic heterocycles. The molecule has 1 amide bonds. The van der Waals surface area contributed by atoms with E-state index in [2.05, 4.69) is 69.3 Å². The molecule has 0 N–H and O–H groups in total. The monoisotopic (exact) mass is 467 g/mol. The number of amides is 1. The van der Waals surface area contributed by atoms with Gasteiger partial charge in [-0.2, -0.15) is 0 Å². The van der Waals surface area contributed by atoms with E-state index in [4.69, 9.17) is 13.9 Å². The number of likely N-dealkylation sites (tertiary alicyclic amines) is 1. The maximum Gasteiger partial charge on any atom is 0.261 e. The molecule has 2 fully saturated rings. The molecule has 3 atom stereocenters. The molecule has 0 bridgehead atoms. The van der Waals surface area contributed by atoms with Gasteiger partial charge in [-0.15, -0.1) is 0 Å². The minimum atomic E-state index is -2.68. The van der Waals surface area contributed by atoms with E-state index in [1.165, 1.54) is 10.4 Å². The Morgan fingerprint density at radius 1 is 1.00 bits per heavy atom. The largest absolute Gasteiger partial charge is 0.405 e. The minimum Gasteiger partial charge on any atom is -0.405 e. The number of carbonyl (C=O) groups excluding carboxylic acids is 1. The van der Waals surface area contributed by atoms with E-state index in [-0.39, 0.29) is 29.4 Å². The molecule has 6 heteroatoms. The summed E-state index contributed by atoms with van der Waals surface area (Å²) in [6.45, 7) is 7.98. The second kappa shape index (κ2) is 10.1. The third-order valence-corrected chi connectivity index (χ3v) is 12.1. The average Bonchev–Trinajstić information content (AvgIpc) is 3.08. The van der Waals surface area contributed by atoms with Crippen molar-refractivity contribution in [1.29, 1.82) is 0 Å². The van der Waals surface area contributed by atoms with E-state index in [1.807, 2.05) is 24.1 Å². The van der Waals surface area contributed by atoms with Crippen molar-refractivity contribution >= 4 is 24.6 Å². The molecule has 0 spiro atoms. The molecule has 0 radical (unpaired) electrons. The van der Waals surface area contributed by atoms with Gasteiger partial charge in [0.15, 0.2) is 6.29 Å². The fraction of sp³-hybridized carbons (Fsp3) is 0.519. The summed E-state index contributed by atoms with van der Waals surface area (Å²) in [6, 6.07) is 21.1. The van der Waals surface area contributed by atoms with Crippen LogP contribution in [0.4, 0.5) is 0 Å². The van der Waals surface area contributed by atoms with Crippen LogP contribution in [-0.2, 0) is 18.7 Å². The molecule has 33 heavy (non-hydrogen) atoms. The van der Waals surface area contributed by atoms with Crippen molar-refractivity contribution < 1.29 is 18.7 Å². The number of hydrogen-bond acceptors (Lipinski definition) is 4. The van der Waals surface area contributed by atoms with Crippen LogP contribution in [0.25, 0.3) is 0 Å². The normalized spacial score (nSPS) is 24.3. The lowest BCUT2D eigenvalue weighted by Crippen LogP contribution is -2.67. The molecule has 2 aromatic rings. The number of likely N-dealkylation sites (N-methyl/N-ethyl adjacent to an activating group) is 1. The summed E-state index contributed by atoms with van der Waals surface area (Å²) >= 11 is 0. The fourth-order valence-corrected chi connectivity index (χ4v) is 9.81. The third kappa shape index (κ3) is 4.94. The number of nitrogens with zero attached hydrogens (tertiary/aromatic N) is 1. The zero-order chi connectivity index (χ0) is 23.5. The lowest BCUT2D eigenvalue weighted by molar-refractivity contribution is -0.193. The van der Waals surface area contributed by atoms with Gasteiger partial charge >= 0.3 is 0 Å². The molecule has 0 saturated carbocycles. The highest BCUT2D eigenvalue weighted by atomic mass is 28.4. The predicted molar refractivity (Wildman–Crippen MR) is 133 cm³/mol. The van der Waals surface area contributed by atoms with E-state index in [0.29, 0.717) is 13.0 Å². The molecule has 2 unspecified atom stereocenters. The van der Waals surface area contributed by atoms with Gasteiger partial charge in [0, 0.05) is 13.7 Å². The number of ether oxygens (including phenoxy) is 2. The highest BCUT2D eigenvalue weighted by Crippen LogP contribution is 2.37. The summed E-state index contributed by atoms with van der Waals surface area (Å²) in [7, 11) is -0.807. The van der Waals surface area contributed by atoms with Crippen LogP contribution in [0.3, 0.4) is 0 Å². The average molecular weight is 468 g/mol. The maximum atomic E-state index is 12.7. The van der Waals surface area contributed by atoms with Crippen molar-refractivity contribution in [1.82, 2.24) is 4.90 Å². The van der Waals surface area contributed by atoms with Crippen LogP contribution in [0.15, 0.2) is 60.7 Å². The highest BCUT2D eigenvalue weighted by molar-refractivity contribution is 6.99. The van der Waals surface area contributed by atoms with E-state index in [0.717, 1.165) is 25.9 Å². The van der Waals surface area contributed by atoms with Crippen LogP contribution in [0.1, 0.15) is 46.5 Å². The van der Waals surface area contributed by atoms with E-state index in [9.17, 15) is 4.79 Å². The summed E-state index contributed by atoms with van der Waals surface area (Å²) in [6.07, 6.45) is 3.00. The first-order chi connectivity index (χ1) is 15.8. The van der Waals surface area contributed by atoms with Crippen molar-refractivity contribution in [3.8, 4) is 0 Å². The van der Waals surface area contributed by atoms with Gasteiger partial charge in [0.2, 0.25) is 5.91 Å². The standard InChI is InChI=1S/C27H37NO4Si/c1-27(2,3)33(21-13-7-5-8-14-21,22-15-9-6-10-16-22)31-20-23-24(19-25(29)28(23)4)32-26-17-11-12-18-30-26/h5-10,13-16,23-24,26H,11-12,17-20H2,1-4H3/t23?,24-,26?/m1/s1. The molecule has 2 heterocycles. The molecule has 5 nitrogen and oxygen atoms in total. The fourth-order valence-electron chi connectivity index (χ4n) is 5.23. The Hall–Kier alpha value is -1.99. The van der Waals surface area contributed by atoms with Gasteiger partial charge < -0.3 is 18.8 Å². The number of benzene rings is 2. The van der Waals surface area contributed by atoms with Crippen LogP contribution in [-0.4, -0.2) is 57.8 Å². The lowest BCUT2D eigenvalue weighted by Gasteiger charge is -2.44. The third-order valence-electron chi connectivity index (χ3n) is 7.05. The molecule has 4 rings (SSSR count). The summed E-state index contributed by atoms with van der Waals surface area (Å²) in [5.74, 6) is 0.104. The number of carbonyl (C=O) groups is 1. The van der Waals surface area contributed by atoms with Crippen molar-refractivity contribution in [3.63, 3.8) is 0 Å². The van der Waals surface area contributed by atoms with Crippen LogP contribution in [0, 0.1) is 0 Å². The van der Waals surface area contributed by atoms with E-state index >= 15 is 0 Å². The van der Waals surface area contributed by atoms with Crippen LogP contribution >= 0.6 is 0 Å². The molecule has 2 aliphatic heterocycles. The first-order valence-electron chi connectivity index (χ1n) is 12.1. The Bertz CT molecular complexity index is 869. The molecule has 2 saturated heterocycles. The van der Waals surface area contributed by atoms with Gasteiger partial charge in [-0.05, 0) is 34.7 Å². The van der Waals surface area contributed by atoms with Gasteiger partial charge in [0.05, 0.1) is 25.2 Å². The number of hydrogen-bond donors (Lipinski definition) is 0. The maximum absolute atomic E-state index is 12.7. The molecular weight excluding hydrogens is 430 g/mol. The smallest absolute Gasteiger partial charge is 0.261 e. The van der Waals surface area contributed by atoms with Crippen molar-refractivity contribution in [3.05, 3.63) is 60.7 Å². The van der Waals surface area contributed by atoms with Crippen molar-refractivity contribution in [2.45, 2.75) is 69.9 Å². The lowest BCUT2D eigenvalue weighted by atomic mass is 10.1. The summed E-state index contributed by atoms with van der Waals surface area (Å²) in [5, 5.41) is 2.37. The Morgan fingerprint density at radius 3 is 2.12 bits per heavy atom. The topological polar surface area (TPSA) is 48.0 Å². The van der Waals surface area contributed by atoms with Crippen LogP contribution in [0.2, 0.25) is 5.04 Å². The second-order valence-corrected chi connectivity index (χ2v) is 14.5. The van der Waals surface area contributed by atoms with Gasteiger partial charge in [0.1, 0.15) is 0 Å². The van der Waals surface area contributed by atoms with Crippen molar-refractivity contribution in [2.75, 3.05) is 20.3 Å². The Morgan fingerprint density at radius 2 is 1.61 bits per heavy atom. The predicted octanol–water partition coefficient (Wildman–Crippen LogP) is 3.71. The van der Waals surface area contributed by atoms with Gasteiger partial charge in [-0.3, -0.25) is 4.79 Å². The van der Waals surface area contributed by atoms with E-state index in [1.54, 1.807) is 0 Å². The summed E-state index contributed by atoms with van der Waals surface area (Å²) in [5.41, 5.74) is 0. The molecule has 178 valence electrons.